The fraction of sp³-hybridized carbons (Fsp3) is 0.222. The highest BCUT2D eigenvalue weighted by Gasteiger charge is 2.05. The Morgan fingerprint density at radius 2 is 2.08 bits per heavy atom. The van der Waals surface area contributed by atoms with Crippen molar-refractivity contribution in [3.05, 3.63) is 53.6 Å². The largest absolute Gasteiger partial charge is 0.493 e. The number of carbonyl (C=O) groups is 1. The number of hydrazone groups is 1. The summed E-state index contributed by atoms with van der Waals surface area (Å²) in [5.41, 5.74) is 4.44. The van der Waals surface area contributed by atoms with Crippen molar-refractivity contribution in [1.82, 2.24) is 0 Å². The van der Waals surface area contributed by atoms with E-state index in [4.69, 9.17) is 14.6 Å². The van der Waals surface area contributed by atoms with Gasteiger partial charge in [0.1, 0.15) is 0 Å². The number of benzene rings is 2. The van der Waals surface area contributed by atoms with Gasteiger partial charge in [0.25, 0.3) is 0 Å². The van der Waals surface area contributed by atoms with Crippen LogP contribution in [0.1, 0.15) is 29.3 Å². The molecular formula is C18H20N2O4. The molecule has 2 aromatic carbocycles. The number of methoxy groups -OCH3 is 1. The van der Waals surface area contributed by atoms with Crippen molar-refractivity contribution in [2.75, 3.05) is 19.1 Å². The average Bonchev–Trinajstić information content (AvgIpc) is 2.60. The zero-order valence-electron chi connectivity index (χ0n) is 13.7. The molecule has 0 radical (unpaired) electrons. The minimum absolute atomic E-state index is 0.203. The van der Waals surface area contributed by atoms with Crippen LogP contribution < -0.4 is 14.9 Å². The molecule has 0 amide bonds. The van der Waals surface area contributed by atoms with Crippen LogP contribution in [0.4, 0.5) is 5.69 Å². The lowest BCUT2D eigenvalue weighted by molar-refractivity contribution is 0.0697. The molecule has 0 saturated heterocycles. The minimum Gasteiger partial charge on any atom is -0.493 e. The van der Waals surface area contributed by atoms with Crippen molar-refractivity contribution in [2.24, 2.45) is 5.10 Å². The fourth-order valence-corrected chi connectivity index (χ4v) is 2.00. The first-order chi connectivity index (χ1) is 11.6. The van der Waals surface area contributed by atoms with E-state index in [0.717, 1.165) is 12.0 Å². The number of anilines is 1. The van der Waals surface area contributed by atoms with Gasteiger partial charge < -0.3 is 14.6 Å². The highest BCUT2D eigenvalue weighted by molar-refractivity contribution is 5.89. The topological polar surface area (TPSA) is 80.2 Å². The Hall–Kier alpha value is -3.02. The summed E-state index contributed by atoms with van der Waals surface area (Å²) in [6, 6.07) is 12.0. The number of aromatic carboxylic acids is 1. The molecule has 24 heavy (non-hydrogen) atoms. The lowest BCUT2D eigenvalue weighted by Crippen LogP contribution is -1.99. The van der Waals surface area contributed by atoms with E-state index in [9.17, 15) is 4.79 Å². The van der Waals surface area contributed by atoms with Gasteiger partial charge >= 0.3 is 5.97 Å². The maximum absolute atomic E-state index is 10.9. The maximum Gasteiger partial charge on any atom is 0.335 e. The minimum atomic E-state index is -0.977. The second kappa shape index (κ2) is 8.57. The van der Waals surface area contributed by atoms with E-state index in [1.54, 1.807) is 25.5 Å². The molecule has 0 atom stereocenters. The Bertz CT molecular complexity index is 729. The number of nitrogens with one attached hydrogen (secondary N) is 1. The van der Waals surface area contributed by atoms with Gasteiger partial charge in [-0.05, 0) is 48.4 Å². The van der Waals surface area contributed by atoms with Crippen LogP contribution in [0.5, 0.6) is 11.5 Å². The molecule has 0 aromatic heterocycles. The Labute approximate surface area is 140 Å². The predicted molar refractivity (Wildman–Crippen MR) is 93.4 cm³/mol. The number of carboxylic acids is 1. The molecule has 126 valence electrons. The maximum atomic E-state index is 10.9. The zero-order valence-corrected chi connectivity index (χ0v) is 13.7. The van der Waals surface area contributed by atoms with Crippen LogP contribution >= 0.6 is 0 Å². The second-order valence-electron chi connectivity index (χ2n) is 5.01. The van der Waals surface area contributed by atoms with E-state index >= 15 is 0 Å². The number of ether oxygens (including phenoxy) is 2. The molecule has 2 rings (SSSR count). The Kier molecular flexibility index (Phi) is 6.19. The number of nitrogens with zero attached hydrogens (tertiary/aromatic N) is 1. The van der Waals surface area contributed by atoms with E-state index < -0.39 is 5.97 Å². The second-order valence-corrected chi connectivity index (χ2v) is 5.01. The first-order valence-corrected chi connectivity index (χ1v) is 7.57. The molecule has 6 nitrogen and oxygen atoms in total. The summed E-state index contributed by atoms with van der Waals surface area (Å²) in [5.74, 6) is 0.355. The highest BCUT2D eigenvalue weighted by atomic mass is 16.5. The van der Waals surface area contributed by atoms with E-state index in [1.165, 1.54) is 12.1 Å². The van der Waals surface area contributed by atoms with Gasteiger partial charge in [-0.25, -0.2) is 4.79 Å². The van der Waals surface area contributed by atoms with Crippen LogP contribution in [0.15, 0.2) is 47.6 Å². The molecule has 0 aliphatic carbocycles. The highest BCUT2D eigenvalue weighted by Crippen LogP contribution is 2.27. The van der Waals surface area contributed by atoms with Crippen molar-refractivity contribution >= 4 is 17.9 Å². The number of hydrogen-bond acceptors (Lipinski definition) is 5. The standard InChI is InChI=1S/C18H20N2O4/c1-3-9-24-16-8-7-13(10-17(16)23-2)12-19-20-15-6-4-5-14(11-15)18(21)22/h4-8,10-12,20H,3,9H2,1-2H3,(H,21,22). The van der Waals surface area contributed by atoms with E-state index in [2.05, 4.69) is 10.5 Å². The summed E-state index contributed by atoms with van der Waals surface area (Å²) in [4.78, 5) is 10.9. The van der Waals surface area contributed by atoms with Gasteiger partial charge in [0.2, 0.25) is 0 Å². The molecular weight excluding hydrogens is 308 g/mol. The van der Waals surface area contributed by atoms with E-state index in [-0.39, 0.29) is 5.56 Å². The Balaban J connectivity index is 2.06. The first-order valence-electron chi connectivity index (χ1n) is 7.57. The average molecular weight is 328 g/mol. The van der Waals surface area contributed by atoms with Gasteiger partial charge in [-0.1, -0.05) is 13.0 Å². The lowest BCUT2D eigenvalue weighted by Gasteiger charge is -2.10. The predicted octanol–water partition coefficient (Wildman–Crippen LogP) is 3.63. The van der Waals surface area contributed by atoms with Crippen LogP contribution in [0.3, 0.4) is 0 Å². The molecule has 0 aliphatic heterocycles. The van der Waals surface area contributed by atoms with Crippen LogP contribution in [0.25, 0.3) is 0 Å². The SMILES string of the molecule is CCCOc1ccc(C=NNc2cccc(C(=O)O)c2)cc1OC. The fourth-order valence-electron chi connectivity index (χ4n) is 2.00. The van der Waals surface area contributed by atoms with Crippen molar-refractivity contribution in [1.29, 1.82) is 0 Å². The van der Waals surface area contributed by atoms with E-state index in [0.29, 0.717) is 23.8 Å². The van der Waals surface area contributed by atoms with Gasteiger partial charge in [0.05, 0.1) is 31.2 Å². The van der Waals surface area contributed by atoms with Crippen molar-refractivity contribution in [3.63, 3.8) is 0 Å². The quantitative estimate of drug-likeness (QED) is 0.571. The normalized spacial score (nSPS) is 10.6. The third-order valence-electron chi connectivity index (χ3n) is 3.17. The zero-order chi connectivity index (χ0) is 17.4. The molecule has 0 bridgehead atoms. The number of carboxylic acid groups (broad SMARTS) is 1. The summed E-state index contributed by atoms with van der Waals surface area (Å²) >= 11 is 0. The van der Waals surface area contributed by atoms with Crippen LogP contribution in [0, 0.1) is 0 Å². The van der Waals surface area contributed by atoms with Crippen LogP contribution in [-0.4, -0.2) is 31.0 Å². The summed E-state index contributed by atoms with van der Waals surface area (Å²) in [5, 5.41) is 13.1. The third kappa shape index (κ3) is 4.74. The van der Waals surface area contributed by atoms with Crippen molar-refractivity contribution in [3.8, 4) is 11.5 Å². The summed E-state index contributed by atoms with van der Waals surface area (Å²) in [7, 11) is 1.59. The summed E-state index contributed by atoms with van der Waals surface area (Å²) < 4.78 is 10.9. The Morgan fingerprint density at radius 3 is 2.79 bits per heavy atom. The van der Waals surface area contributed by atoms with Gasteiger partial charge in [-0.15, -0.1) is 0 Å². The third-order valence-corrected chi connectivity index (χ3v) is 3.17. The molecule has 0 aliphatic rings. The molecule has 0 spiro atoms. The van der Waals surface area contributed by atoms with Gasteiger partial charge in [0.15, 0.2) is 11.5 Å². The van der Waals surface area contributed by atoms with Crippen molar-refractivity contribution in [2.45, 2.75) is 13.3 Å². The smallest absolute Gasteiger partial charge is 0.335 e. The van der Waals surface area contributed by atoms with Crippen molar-refractivity contribution < 1.29 is 19.4 Å². The number of hydrogen-bond donors (Lipinski definition) is 2. The number of rotatable bonds is 8. The van der Waals surface area contributed by atoms with Gasteiger partial charge in [0, 0.05) is 0 Å². The van der Waals surface area contributed by atoms with Gasteiger partial charge in [-0.2, -0.15) is 5.10 Å². The molecule has 6 heteroatoms. The molecule has 0 unspecified atom stereocenters. The molecule has 0 fully saturated rings. The lowest BCUT2D eigenvalue weighted by atomic mass is 10.2. The Morgan fingerprint density at radius 1 is 1.25 bits per heavy atom. The van der Waals surface area contributed by atoms with E-state index in [1.807, 2.05) is 25.1 Å². The van der Waals surface area contributed by atoms with Crippen LogP contribution in [-0.2, 0) is 0 Å². The molecule has 2 N–H and O–H groups in total. The summed E-state index contributed by atoms with van der Waals surface area (Å²) in [6.45, 7) is 2.67. The van der Waals surface area contributed by atoms with Gasteiger partial charge in [-0.3, -0.25) is 5.43 Å². The molecule has 2 aromatic rings. The summed E-state index contributed by atoms with van der Waals surface area (Å²) in [6.07, 6.45) is 2.55. The van der Waals surface area contributed by atoms with Crippen LogP contribution in [0.2, 0.25) is 0 Å². The molecule has 0 saturated carbocycles. The first kappa shape index (κ1) is 17.3. The monoisotopic (exact) mass is 328 g/mol. The molecule has 0 heterocycles.